The molecule has 2 aromatic heterocycles. The van der Waals surface area contributed by atoms with Crippen LogP contribution < -0.4 is 5.56 Å². The molecular weight excluding hydrogens is 343 g/mol. The molecule has 2 rings (SSSR count). The monoisotopic (exact) mass is 358 g/mol. The predicted molar refractivity (Wildman–Crippen MR) is 78.6 cm³/mol. The van der Waals surface area contributed by atoms with Crippen LogP contribution in [0.2, 0.25) is 0 Å². The molecule has 0 bridgehead atoms. The first-order valence-electron chi connectivity index (χ1n) is 6.03. The lowest BCUT2D eigenvalue weighted by Crippen LogP contribution is -2.16. The van der Waals surface area contributed by atoms with Gasteiger partial charge in [0.05, 0.1) is 9.26 Å². The normalized spacial score (nSPS) is 10.8. The van der Waals surface area contributed by atoms with Crippen molar-refractivity contribution in [2.24, 2.45) is 0 Å². The summed E-state index contributed by atoms with van der Waals surface area (Å²) in [7, 11) is 0. The Labute approximate surface area is 119 Å². The summed E-state index contributed by atoms with van der Waals surface area (Å²) in [6, 6.07) is 3.76. The Morgan fingerprint density at radius 2 is 2.17 bits per heavy atom. The van der Waals surface area contributed by atoms with Crippen molar-refractivity contribution in [3.63, 3.8) is 0 Å². The quantitative estimate of drug-likeness (QED) is 0.855. The van der Waals surface area contributed by atoms with Crippen LogP contribution in [0.25, 0.3) is 11.6 Å². The summed E-state index contributed by atoms with van der Waals surface area (Å²) < 4.78 is 6.28. The van der Waals surface area contributed by atoms with E-state index in [-0.39, 0.29) is 5.56 Å². The molecule has 0 saturated carbocycles. The highest BCUT2D eigenvalue weighted by atomic mass is 127. The molecule has 96 valence electrons. The number of aromatic amines is 1. The zero-order valence-electron chi connectivity index (χ0n) is 10.4. The minimum Gasteiger partial charge on any atom is -0.458 e. The van der Waals surface area contributed by atoms with Gasteiger partial charge in [-0.3, -0.25) is 4.79 Å². The van der Waals surface area contributed by atoms with Gasteiger partial charge in [0.25, 0.3) is 5.56 Å². The lowest BCUT2D eigenvalue weighted by Gasteiger charge is -2.03. The smallest absolute Gasteiger partial charge is 0.264 e. The van der Waals surface area contributed by atoms with E-state index in [9.17, 15) is 4.79 Å². The molecule has 0 amide bonds. The molecule has 0 radical (unpaired) electrons. The highest BCUT2D eigenvalue weighted by Crippen LogP contribution is 2.19. The van der Waals surface area contributed by atoms with Gasteiger partial charge in [-0.25, -0.2) is 4.98 Å². The van der Waals surface area contributed by atoms with E-state index in [4.69, 9.17) is 4.42 Å². The number of furan rings is 1. The van der Waals surface area contributed by atoms with Crippen molar-refractivity contribution in [2.45, 2.75) is 33.1 Å². The Morgan fingerprint density at radius 1 is 1.39 bits per heavy atom. The van der Waals surface area contributed by atoms with Gasteiger partial charge in [-0.2, -0.15) is 0 Å². The zero-order valence-corrected chi connectivity index (χ0v) is 12.6. The van der Waals surface area contributed by atoms with E-state index in [1.54, 1.807) is 0 Å². The van der Waals surface area contributed by atoms with Gasteiger partial charge in [-0.05, 0) is 41.1 Å². The highest BCUT2D eigenvalue weighted by molar-refractivity contribution is 14.1. The molecule has 0 fully saturated rings. The SMILES string of the molecule is CCCc1nc(-c2ccc(CC)o2)[nH]c(=O)c1I. The van der Waals surface area contributed by atoms with Crippen LogP contribution in [0.3, 0.4) is 0 Å². The van der Waals surface area contributed by atoms with E-state index in [2.05, 4.69) is 16.9 Å². The van der Waals surface area contributed by atoms with Gasteiger partial charge in [0.2, 0.25) is 0 Å². The molecule has 0 saturated heterocycles. The number of nitrogens with one attached hydrogen (secondary N) is 1. The fourth-order valence-electron chi connectivity index (χ4n) is 1.72. The van der Waals surface area contributed by atoms with E-state index < -0.39 is 0 Å². The molecule has 2 aromatic rings. The number of aromatic nitrogens is 2. The first kappa shape index (κ1) is 13.3. The zero-order chi connectivity index (χ0) is 13.1. The van der Waals surface area contributed by atoms with Crippen molar-refractivity contribution in [1.82, 2.24) is 9.97 Å². The van der Waals surface area contributed by atoms with Crippen LogP contribution in [-0.4, -0.2) is 9.97 Å². The average molecular weight is 358 g/mol. The van der Waals surface area contributed by atoms with Crippen molar-refractivity contribution in [2.75, 3.05) is 0 Å². The predicted octanol–water partition coefficient (Wildman–Crippen LogP) is 3.15. The maximum Gasteiger partial charge on any atom is 0.264 e. The standard InChI is InChI=1S/C13H15IN2O2/c1-3-5-9-11(14)13(17)16-12(15-9)10-7-6-8(4-2)18-10/h6-7H,3-5H2,1-2H3,(H,15,16,17). The van der Waals surface area contributed by atoms with Crippen molar-refractivity contribution >= 4 is 22.6 Å². The third-order valence-corrected chi connectivity index (χ3v) is 3.77. The van der Waals surface area contributed by atoms with E-state index in [1.807, 2.05) is 41.6 Å². The van der Waals surface area contributed by atoms with Crippen LogP contribution in [0.5, 0.6) is 0 Å². The summed E-state index contributed by atoms with van der Waals surface area (Å²) in [5.74, 6) is 2.03. The van der Waals surface area contributed by atoms with Crippen molar-refractivity contribution < 1.29 is 4.42 Å². The van der Waals surface area contributed by atoms with Crippen LogP contribution in [0.1, 0.15) is 31.7 Å². The van der Waals surface area contributed by atoms with Gasteiger partial charge >= 0.3 is 0 Å². The number of rotatable bonds is 4. The molecule has 18 heavy (non-hydrogen) atoms. The molecule has 5 heteroatoms. The summed E-state index contributed by atoms with van der Waals surface area (Å²) in [6.45, 7) is 4.09. The van der Waals surface area contributed by atoms with Crippen LogP contribution in [0.4, 0.5) is 0 Å². The molecular formula is C13H15IN2O2. The summed E-state index contributed by atoms with van der Waals surface area (Å²) in [6.07, 6.45) is 2.59. The summed E-state index contributed by atoms with van der Waals surface area (Å²) in [5.41, 5.74) is 0.741. The Morgan fingerprint density at radius 3 is 2.78 bits per heavy atom. The number of halogens is 1. The van der Waals surface area contributed by atoms with Crippen LogP contribution >= 0.6 is 22.6 Å². The molecule has 0 aromatic carbocycles. The molecule has 0 unspecified atom stereocenters. The van der Waals surface area contributed by atoms with Crippen molar-refractivity contribution in [1.29, 1.82) is 0 Å². The second kappa shape index (κ2) is 5.69. The molecule has 0 aliphatic heterocycles. The lowest BCUT2D eigenvalue weighted by molar-refractivity contribution is 0.525. The highest BCUT2D eigenvalue weighted by Gasteiger charge is 2.12. The second-order valence-corrected chi connectivity index (χ2v) is 5.12. The first-order chi connectivity index (χ1) is 8.65. The average Bonchev–Trinajstić information content (AvgIpc) is 2.83. The van der Waals surface area contributed by atoms with E-state index in [0.29, 0.717) is 15.2 Å². The van der Waals surface area contributed by atoms with Gasteiger partial charge in [0.15, 0.2) is 11.6 Å². The molecule has 0 spiro atoms. The maximum atomic E-state index is 11.8. The number of nitrogens with zero attached hydrogens (tertiary/aromatic N) is 1. The lowest BCUT2D eigenvalue weighted by atomic mass is 10.2. The Hall–Kier alpha value is -1.11. The molecule has 0 aliphatic carbocycles. The minimum atomic E-state index is -0.0986. The van der Waals surface area contributed by atoms with Crippen LogP contribution in [0.15, 0.2) is 21.3 Å². The van der Waals surface area contributed by atoms with Gasteiger partial charge in [0, 0.05) is 6.42 Å². The summed E-state index contributed by atoms with van der Waals surface area (Å²) >= 11 is 2.04. The fourth-order valence-corrected chi connectivity index (χ4v) is 2.24. The van der Waals surface area contributed by atoms with Gasteiger partial charge in [-0.15, -0.1) is 0 Å². The Balaban J connectivity index is 2.48. The summed E-state index contributed by atoms with van der Waals surface area (Å²) in [4.78, 5) is 19.1. The molecule has 0 aliphatic rings. The fraction of sp³-hybridized carbons (Fsp3) is 0.385. The molecule has 0 atom stereocenters. The number of aryl methyl sites for hydroxylation is 2. The third kappa shape index (κ3) is 2.66. The molecule has 4 nitrogen and oxygen atoms in total. The van der Waals surface area contributed by atoms with E-state index in [0.717, 1.165) is 30.7 Å². The van der Waals surface area contributed by atoms with Crippen LogP contribution in [0, 0.1) is 3.57 Å². The van der Waals surface area contributed by atoms with Gasteiger partial charge in [-0.1, -0.05) is 20.3 Å². The molecule has 1 N–H and O–H groups in total. The van der Waals surface area contributed by atoms with Gasteiger partial charge < -0.3 is 9.40 Å². The number of hydrogen-bond donors (Lipinski definition) is 1. The van der Waals surface area contributed by atoms with E-state index in [1.165, 1.54) is 0 Å². The molecule has 2 heterocycles. The number of hydrogen-bond acceptors (Lipinski definition) is 3. The second-order valence-electron chi connectivity index (χ2n) is 4.04. The maximum absolute atomic E-state index is 11.8. The van der Waals surface area contributed by atoms with Crippen LogP contribution in [-0.2, 0) is 12.8 Å². The minimum absolute atomic E-state index is 0.0986. The Kier molecular flexibility index (Phi) is 4.21. The van der Waals surface area contributed by atoms with Crippen molar-refractivity contribution in [3.05, 3.63) is 37.5 Å². The summed E-state index contributed by atoms with van der Waals surface area (Å²) in [5, 5.41) is 0. The first-order valence-corrected chi connectivity index (χ1v) is 7.11. The largest absolute Gasteiger partial charge is 0.458 e. The number of H-pyrrole nitrogens is 1. The van der Waals surface area contributed by atoms with Crippen molar-refractivity contribution in [3.8, 4) is 11.6 Å². The Bertz CT molecular complexity index is 601. The van der Waals surface area contributed by atoms with Gasteiger partial charge in [0.1, 0.15) is 5.76 Å². The van der Waals surface area contributed by atoms with E-state index >= 15 is 0 Å². The topological polar surface area (TPSA) is 58.9 Å². The third-order valence-electron chi connectivity index (χ3n) is 2.66.